The van der Waals surface area contributed by atoms with Gasteiger partial charge in [0.1, 0.15) is 12.4 Å². The first-order valence-electron chi connectivity index (χ1n) is 7.49. The van der Waals surface area contributed by atoms with Crippen LogP contribution < -0.4 is 4.74 Å². The molecule has 0 radical (unpaired) electrons. The Kier molecular flexibility index (Phi) is 6.02. The van der Waals surface area contributed by atoms with E-state index in [2.05, 4.69) is 0 Å². The normalized spacial score (nSPS) is 17.7. The van der Waals surface area contributed by atoms with E-state index in [4.69, 9.17) is 14.6 Å². The van der Waals surface area contributed by atoms with Crippen LogP contribution >= 0.6 is 0 Å². The topological polar surface area (TPSA) is 59.0 Å². The zero-order valence-corrected chi connectivity index (χ0v) is 12.5. The summed E-state index contributed by atoms with van der Waals surface area (Å²) in [7, 11) is 0. The van der Waals surface area contributed by atoms with Crippen molar-refractivity contribution in [2.45, 2.75) is 25.9 Å². The standard InChI is InChI=1S/C16H23NO4/c1-2-17(9-10-18)16(19)14-7-3-4-8-15(14)21-12-13-6-5-11-20-13/h3-4,7-8,13,18H,2,5-6,9-12H2,1H3. The molecule has 1 unspecified atom stereocenters. The zero-order valence-electron chi connectivity index (χ0n) is 12.5. The molecule has 0 saturated carbocycles. The number of carbonyl (C=O) groups excluding carboxylic acids is 1. The van der Waals surface area contributed by atoms with Crippen LogP contribution in [-0.4, -0.2) is 54.9 Å². The Morgan fingerprint density at radius 3 is 2.95 bits per heavy atom. The maximum Gasteiger partial charge on any atom is 0.257 e. The van der Waals surface area contributed by atoms with Crippen LogP contribution in [0.4, 0.5) is 0 Å². The summed E-state index contributed by atoms with van der Waals surface area (Å²) in [6.45, 7) is 3.99. The number of ether oxygens (including phenoxy) is 2. The Labute approximate surface area is 125 Å². The summed E-state index contributed by atoms with van der Waals surface area (Å²) in [6.07, 6.45) is 2.18. The van der Waals surface area contributed by atoms with Crippen LogP contribution in [-0.2, 0) is 4.74 Å². The minimum absolute atomic E-state index is 0.0431. The van der Waals surface area contributed by atoms with E-state index in [0.29, 0.717) is 31.0 Å². The third kappa shape index (κ3) is 4.19. The molecule has 1 heterocycles. The second-order valence-electron chi connectivity index (χ2n) is 5.05. The number of rotatable bonds is 7. The van der Waals surface area contributed by atoms with E-state index in [1.807, 2.05) is 19.1 Å². The molecule has 1 N–H and O–H groups in total. The summed E-state index contributed by atoms with van der Waals surface area (Å²) in [5.74, 6) is 0.462. The average Bonchev–Trinajstić information content (AvgIpc) is 3.03. The molecule has 1 aliphatic rings. The lowest BCUT2D eigenvalue weighted by Gasteiger charge is -2.21. The molecule has 0 bridgehead atoms. The first-order chi connectivity index (χ1) is 10.3. The average molecular weight is 293 g/mol. The van der Waals surface area contributed by atoms with Crippen molar-refractivity contribution in [3.63, 3.8) is 0 Å². The van der Waals surface area contributed by atoms with Gasteiger partial charge in [0.25, 0.3) is 5.91 Å². The van der Waals surface area contributed by atoms with Gasteiger partial charge in [0.2, 0.25) is 0 Å². The molecule has 0 aliphatic carbocycles. The number of aliphatic hydroxyl groups is 1. The van der Waals surface area contributed by atoms with Gasteiger partial charge < -0.3 is 19.5 Å². The second-order valence-corrected chi connectivity index (χ2v) is 5.05. The number of amides is 1. The van der Waals surface area contributed by atoms with Crippen LogP contribution in [0.1, 0.15) is 30.1 Å². The molecule has 5 nitrogen and oxygen atoms in total. The SMILES string of the molecule is CCN(CCO)C(=O)c1ccccc1OCC1CCCO1. The Balaban J connectivity index is 2.06. The molecule has 5 heteroatoms. The zero-order chi connectivity index (χ0) is 15.1. The number of aliphatic hydroxyl groups excluding tert-OH is 1. The number of likely N-dealkylation sites (N-methyl/N-ethyl adjacent to an activating group) is 1. The van der Waals surface area contributed by atoms with E-state index in [1.165, 1.54) is 0 Å². The van der Waals surface area contributed by atoms with Gasteiger partial charge in [-0.3, -0.25) is 4.79 Å². The molecule has 1 amide bonds. The number of hydrogen-bond donors (Lipinski definition) is 1. The fourth-order valence-corrected chi connectivity index (χ4v) is 2.42. The van der Waals surface area contributed by atoms with E-state index in [-0.39, 0.29) is 18.6 Å². The molecule has 0 spiro atoms. The molecule has 1 aliphatic heterocycles. The number of hydrogen-bond acceptors (Lipinski definition) is 4. The number of para-hydroxylation sites is 1. The van der Waals surface area contributed by atoms with Crippen LogP contribution in [0, 0.1) is 0 Å². The van der Waals surface area contributed by atoms with Crippen molar-refractivity contribution >= 4 is 5.91 Å². The minimum atomic E-state index is -0.116. The lowest BCUT2D eigenvalue weighted by atomic mass is 10.1. The third-order valence-electron chi connectivity index (χ3n) is 3.61. The van der Waals surface area contributed by atoms with Crippen molar-refractivity contribution in [2.24, 2.45) is 0 Å². The van der Waals surface area contributed by atoms with E-state index < -0.39 is 0 Å². The van der Waals surface area contributed by atoms with Crippen molar-refractivity contribution in [3.05, 3.63) is 29.8 Å². The van der Waals surface area contributed by atoms with Gasteiger partial charge in [-0.2, -0.15) is 0 Å². The van der Waals surface area contributed by atoms with Crippen LogP contribution in [0.2, 0.25) is 0 Å². The van der Waals surface area contributed by atoms with E-state index in [0.717, 1.165) is 19.4 Å². The van der Waals surface area contributed by atoms with Gasteiger partial charge in [0, 0.05) is 19.7 Å². The summed E-state index contributed by atoms with van der Waals surface area (Å²) in [4.78, 5) is 14.1. The second kappa shape index (κ2) is 8.00. The summed E-state index contributed by atoms with van der Waals surface area (Å²) in [5.41, 5.74) is 0.533. The third-order valence-corrected chi connectivity index (χ3v) is 3.61. The summed E-state index contributed by atoms with van der Waals surface area (Å²) >= 11 is 0. The molecule has 1 atom stereocenters. The van der Waals surface area contributed by atoms with E-state index in [1.54, 1.807) is 17.0 Å². The largest absolute Gasteiger partial charge is 0.490 e. The van der Waals surface area contributed by atoms with Crippen LogP contribution in [0.3, 0.4) is 0 Å². The minimum Gasteiger partial charge on any atom is -0.490 e. The molecule has 21 heavy (non-hydrogen) atoms. The highest BCUT2D eigenvalue weighted by molar-refractivity contribution is 5.96. The summed E-state index contributed by atoms with van der Waals surface area (Å²) in [5, 5.41) is 9.04. The van der Waals surface area contributed by atoms with E-state index >= 15 is 0 Å². The molecular weight excluding hydrogens is 270 g/mol. The predicted molar refractivity (Wildman–Crippen MR) is 79.6 cm³/mol. The first kappa shape index (κ1) is 15.8. The monoisotopic (exact) mass is 293 g/mol. The van der Waals surface area contributed by atoms with E-state index in [9.17, 15) is 4.79 Å². The highest BCUT2D eigenvalue weighted by atomic mass is 16.5. The molecule has 1 saturated heterocycles. The summed E-state index contributed by atoms with van der Waals surface area (Å²) in [6, 6.07) is 7.23. The number of carbonyl (C=O) groups is 1. The predicted octanol–water partition coefficient (Wildman–Crippen LogP) is 1.70. The maximum absolute atomic E-state index is 12.5. The smallest absolute Gasteiger partial charge is 0.257 e. The van der Waals surface area contributed by atoms with Crippen LogP contribution in [0.15, 0.2) is 24.3 Å². The fourth-order valence-electron chi connectivity index (χ4n) is 2.42. The van der Waals surface area contributed by atoms with Gasteiger partial charge in [-0.05, 0) is 31.9 Å². The molecule has 1 aromatic rings. The van der Waals surface area contributed by atoms with Crippen LogP contribution in [0.5, 0.6) is 5.75 Å². The van der Waals surface area contributed by atoms with Crippen molar-refractivity contribution in [1.82, 2.24) is 4.90 Å². The number of benzene rings is 1. The molecule has 1 aromatic carbocycles. The Morgan fingerprint density at radius 2 is 2.29 bits per heavy atom. The van der Waals surface area contributed by atoms with Crippen molar-refractivity contribution in [2.75, 3.05) is 32.9 Å². The van der Waals surface area contributed by atoms with Crippen molar-refractivity contribution in [3.8, 4) is 5.75 Å². The van der Waals surface area contributed by atoms with Gasteiger partial charge in [0.15, 0.2) is 0 Å². The molecule has 1 fully saturated rings. The van der Waals surface area contributed by atoms with Gasteiger partial charge in [-0.15, -0.1) is 0 Å². The highest BCUT2D eigenvalue weighted by Crippen LogP contribution is 2.21. The fraction of sp³-hybridized carbons (Fsp3) is 0.562. The van der Waals surface area contributed by atoms with Gasteiger partial charge >= 0.3 is 0 Å². The first-order valence-corrected chi connectivity index (χ1v) is 7.49. The summed E-state index contributed by atoms with van der Waals surface area (Å²) < 4.78 is 11.3. The quantitative estimate of drug-likeness (QED) is 0.831. The lowest BCUT2D eigenvalue weighted by Crippen LogP contribution is -2.33. The van der Waals surface area contributed by atoms with Gasteiger partial charge in [0.05, 0.1) is 18.3 Å². The van der Waals surface area contributed by atoms with Crippen molar-refractivity contribution < 1.29 is 19.4 Å². The maximum atomic E-state index is 12.5. The number of nitrogens with zero attached hydrogens (tertiary/aromatic N) is 1. The lowest BCUT2D eigenvalue weighted by molar-refractivity contribution is 0.0645. The molecular formula is C16H23NO4. The molecule has 0 aromatic heterocycles. The Morgan fingerprint density at radius 1 is 1.48 bits per heavy atom. The van der Waals surface area contributed by atoms with Crippen molar-refractivity contribution in [1.29, 1.82) is 0 Å². The highest BCUT2D eigenvalue weighted by Gasteiger charge is 2.20. The molecule has 116 valence electrons. The Hall–Kier alpha value is -1.59. The molecule has 2 rings (SSSR count). The van der Waals surface area contributed by atoms with Gasteiger partial charge in [-0.1, -0.05) is 12.1 Å². The van der Waals surface area contributed by atoms with Crippen LogP contribution in [0.25, 0.3) is 0 Å². The van der Waals surface area contributed by atoms with Gasteiger partial charge in [-0.25, -0.2) is 0 Å². The Bertz CT molecular complexity index is 457.